The molecule has 0 radical (unpaired) electrons. The number of hydrogen-bond acceptors (Lipinski definition) is 5. The normalized spacial score (nSPS) is 19.5. The van der Waals surface area contributed by atoms with E-state index in [0.29, 0.717) is 11.5 Å². The molecule has 170 valence electrons. The van der Waals surface area contributed by atoms with E-state index < -0.39 is 23.8 Å². The van der Waals surface area contributed by atoms with Crippen molar-refractivity contribution in [1.29, 1.82) is 0 Å². The predicted molar refractivity (Wildman–Crippen MR) is 124 cm³/mol. The summed E-state index contributed by atoms with van der Waals surface area (Å²) in [6, 6.07) is 24.3. The fraction of sp³-hybridized carbons (Fsp3) is 0.259. The van der Waals surface area contributed by atoms with Crippen molar-refractivity contribution in [3.63, 3.8) is 0 Å². The maximum absolute atomic E-state index is 13.3. The molecule has 3 atom stereocenters. The van der Waals surface area contributed by atoms with Gasteiger partial charge in [-0.2, -0.15) is 0 Å². The van der Waals surface area contributed by atoms with Gasteiger partial charge in [0.25, 0.3) is 0 Å². The number of methoxy groups -OCH3 is 2. The van der Waals surface area contributed by atoms with E-state index in [9.17, 15) is 9.59 Å². The predicted octanol–water partition coefficient (Wildman–Crippen LogP) is 5.14. The van der Waals surface area contributed by atoms with Crippen molar-refractivity contribution >= 4 is 12.4 Å². The van der Waals surface area contributed by atoms with E-state index >= 15 is 0 Å². The third-order valence-electron chi connectivity index (χ3n) is 6.07. The Bertz CT molecular complexity index is 1120. The summed E-state index contributed by atoms with van der Waals surface area (Å²) < 4.78 is 16.6. The van der Waals surface area contributed by atoms with E-state index in [2.05, 4.69) is 0 Å². The highest BCUT2D eigenvalue weighted by Gasteiger charge is 2.51. The Morgan fingerprint density at radius 3 is 2.09 bits per heavy atom. The van der Waals surface area contributed by atoms with Gasteiger partial charge in [0.2, 0.25) is 0 Å². The monoisotopic (exact) mass is 445 g/mol. The van der Waals surface area contributed by atoms with E-state index in [0.717, 1.165) is 23.0 Å². The SMILES string of the molecule is COc1ccc(C[C@](C)(C=O)N2C(=O)O[C@H](c3ccccc3)[C@@H]2c2ccccc2)cc1OC. The summed E-state index contributed by atoms with van der Waals surface area (Å²) in [5.41, 5.74) is 1.46. The first-order valence-electron chi connectivity index (χ1n) is 10.8. The summed E-state index contributed by atoms with van der Waals surface area (Å²) in [7, 11) is 3.13. The van der Waals surface area contributed by atoms with E-state index in [-0.39, 0.29) is 6.42 Å². The van der Waals surface area contributed by atoms with Crippen molar-refractivity contribution in [2.75, 3.05) is 14.2 Å². The smallest absolute Gasteiger partial charge is 0.411 e. The molecule has 6 nitrogen and oxygen atoms in total. The van der Waals surface area contributed by atoms with E-state index in [1.165, 1.54) is 0 Å². The number of carbonyl (C=O) groups is 2. The fourth-order valence-electron chi connectivity index (χ4n) is 4.46. The zero-order valence-electron chi connectivity index (χ0n) is 18.9. The molecule has 3 aromatic rings. The lowest BCUT2D eigenvalue weighted by molar-refractivity contribution is -0.117. The Labute approximate surface area is 193 Å². The number of ether oxygens (including phenoxy) is 3. The highest BCUT2D eigenvalue weighted by Crippen LogP contribution is 2.47. The van der Waals surface area contributed by atoms with Gasteiger partial charge in [0.05, 0.1) is 14.2 Å². The van der Waals surface area contributed by atoms with Crippen LogP contribution in [0.3, 0.4) is 0 Å². The summed E-state index contributed by atoms with van der Waals surface area (Å²) >= 11 is 0. The number of benzene rings is 3. The second-order valence-corrected chi connectivity index (χ2v) is 8.28. The first-order valence-corrected chi connectivity index (χ1v) is 10.8. The van der Waals surface area contributed by atoms with Crippen LogP contribution in [0.25, 0.3) is 0 Å². The molecular weight excluding hydrogens is 418 g/mol. The van der Waals surface area contributed by atoms with Gasteiger partial charge in [-0.15, -0.1) is 0 Å². The number of rotatable bonds is 8. The van der Waals surface area contributed by atoms with Crippen LogP contribution in [-0.2, 0) is 16.0 Å². The van der Waals surface area contributed by atoms with Crippen LogP contribution in [0.5, 0.6) is 11.5 Å². The number of hydrogen-bond donors (Lipinski definition) is 0. The molecule has 1 heterocycles. The largest absolute Gasteiger partial charge is 0.493 e. The second kappa shape index (κ2) is 9.36. The van der Waals surface area contributed by atoms with Crippen LogP contribution in [-0.4, -0.2) is 37.0 Å². The van der Waals surface area contributed by atoms with Crippen LogP contribution < -0.4 is 9.47 Å². The molecule has 0 aliphatic carbocycles. The van der Waals surface area contributed by atoms with Gasteiger partial charge >= 0.3 is 6.09 Å². The number of carbonyl (C=O) groups excluding carboxylic acids is 2. The molecule has 33 heavy (non-hydrogen) atoms. The summed E-state index contributed by atoms with van der Waals surface area (Å²) in [4.78, 5) is 27.4. The Morgan fingerprint density at radius 1 is 0.909 bits per heavy atom. The van der Waals surface area contributed by atoms with Crippen molar-refractivity contribution in [3.05, 3.63) is 95.6 Å². The van der Waals surface area contributed by atoms with Crippen LogP contribution in [0.1, 0.15) is 35.8 Å². The third-order valence-corrected chi connectivity index (χ3v) is 6.07. The van der Waals surface area contributed by atoms with E-state index in [4.69, 9.17) is 14.2 Å². The van der Waals surface area contributed by atoms with E-state index in [1.807, 2.05) is 72.8 Å². The van der Waals surface area contributed by atoms with Gasteiger partial charge in [0.15, 0.2) is 17.6 Å². The average Bonchev–Trinajstić information content (AvgIpc) is 3.22. The molecule has 0 saturated carbocycles. The van der Waals surface area contributed by atoms with E-state index in [1.54, 1.807) is 32.1 Å². The van der Waals surface area contributed by atoms with Gasteiger partial charge in [-0.25, -0.2) is 4.79 Å². The van der Waals surface area contributed by atoms with Crippen LogP contribution in [0.4, 0.5) is 4.79 Å². The molecule has 4 rings (SSSR count). The molecule has 1 amide bonds. The topological polar surface area (TPSA) is 65.1 Å². The lowest BCUT2D eigenvalue weighted by Gasteiger charge is -2.37. The molecule has 3 aromatic carbocycles. The molecule has 0 aromatic heterocycles. The van der Waals surface area contributed by atoms with Gasteiger partial charge < -0.3 is 19.0 Å². The molecule has 1 aliphatic rings. The number of cyclic esters (lactones) is 1. The summed E-state index contributed by atoms with van der Waals surface area (Å²) in [6.45, 7) is 1.77. The van der Waals surface area contributed by atoms with Gasteiger partial charge in [0, 0.05) is 6.42 Å². The molecule has 0 bridgehead atoms. The average molecular weight is 446 g/mol. The highest BCUT2D eigenvalue weighted by atomic mass is 16.6. The molecule has 1 saturated heterocycles. The van der Waals surface area contributed by atoms with Gasteiger partial charge in [-0.1, -0.05) is 66.7 Å². The third kappa shape index (κ3) is 4.29. The molecular formula is C27H27NO5. The number of aldehydes is 1. The molecule has 1 aliphatic heterocycles. The minimum absolute atomic E-state index is 0.288. The quantitative estimate of drug-likeness (QED) is 0.449. The lowest BCUT2D eigenvalue weighted by Crippen LogP contribution is -2.51. The fourth-order valence-corrected chi connectivity index (χ4v) is 4.46. The molecule has 6 heteroatoms. The maximum Gasteiger partial charge on any atom is 0.411 e. The molecule has 1 fully saturated rings. The first kappa shape index (κ1) is 22.4. The highest BCUT2D eigenvalue weighted by molar-refractivity contribution is 5.79. The number of amides is 1. The van der Waals surface area contributed by atoms with Crippen LogP contribution >= 0.6 is 0 Å². The summed E-state index contributed by atoms with van der Waals surface area (Å²) in [5.74, 6) is 1.16. The summed E-state index contributed by atoms with van der Waals surface area (Å²) in [6.07, 6.45) is 0.0593. The standard InChI is InChI=1S/C27H27NO5/c1-27(18-29,17-19-14-15-22(31-2)23(16-19)32-3)28-24(20-10-6-4-7-11-20)25(33-26(28)30)21-12-8-5-9-13-21/h4-16,18,24-25H,17H2,1-3H3/t24-,25+,27+/m0/s1. The van der Waals surface area contributed by atoms with Crippen molar-refractivity contribution < 1.29 is 23.8 Å². The van der Waals surface area contributed by atoms with Crippen molar-refractivity contribution in [2.45, 2.75) is 31.0 Å². The number of nitrogens with zero attached hydrogens (tertiary/aromatic N) is 1. The van der Waals surface area contributed by atoms with Crippen LogP contribution in [0.2, 0.25) is 0 Å². The lowest BCUT2D eigenvalue weighted by atomic mass is 9.87. The zero-order chi connectivity index (χ0) is 23.4. The Balaban J connectivity index is 1.76. The molecule has 0 unspecified atom stereocenters. The van der Waals surface area contributed by atoms with Gasteiger partial charge in [-0.3, -0.25) is 4.90 Å². The zero-order valence-corrected chi connectivity index (χ0v) is 18.9. The molecule has 0 spiro atoms. The summed E-state index contributed by atoms with van der Waals surface area (Å²) in [5, 5.41) is 0. The van der Waals surface area contributed by atoms with Gasteiger partial charge in [-0.05, 0) is 35.7 Å². The first-order chi connectivity index (χ1) is 16.0. The van der Waals surface area contributed by atoms with Crippen LogP contribution in [0, 0.1) is 0 Å². The van der Waals surface area contributed by atoms with Crippen molar-refractivity contribution in [2.24, 2.45) is 0 Å². The van der Waals surface area contributed by atoms with Crippen molar-refractivity contribution in [3.8, 4) is 11.5 Å². The second-order valence-electron chi connectivity index (χ2n) is 8.28. The maximum atomic E-state index is 13.3. The minimum Gasteiger partial charge on any atom is -0.493 e. The van der Waals surface area contributed by atoms with Gasteiger partial charge in [0.1, 0.15) is 17.9 Å². The van der Waals surface area contributed by atoms with Crippen LogP contribution in [0.15, 0.2) is 78.9 Å². The Morgan fingerprint density at radius 2 is 1.52 bits per heavy atom. The molecule has 0 N–H and O–H groups in total. The minimum atomic E-state index is -1.15. The Kier molecular flexibility index (Phi) is 6.36. The van der Waals surface area contributed by atoms with Crippen molar-refractivity contribution in [1.82, 2.24) is 4.90 Å². The Hall–Kier alpha value is -3.80.